The predicted molar refractivity (Wildman–Crippen MR) is 137 cm³/mol. The average Bonchev–Trinajstić information content (AvgIpc) is 3.55. The molecule has 1 aromatic carbocycles. The molecule has 2 saturated heterocycles. The summed E-state index contributed by atoms with van der Waals surface area (Å²) in [5.41, 5.74) is 2.15. The Hall–Kier alpha value is -2.21. The first kappa shape index (κ1) is 25.4. The maximum Gasteiger partial charge on any atom is 0.257 e. The molecule has 10 heteroatoms. The largest absolute Gasteiger partial charge is 0.368 e. The number of ether oxygens (including phenoxy) is 1. The summed E-state index contributed by atoms with van der Waals surface area (Å²) >= 11 is 0. The van der Waals surface area contributed by atoms with Crippen LogP contribution in [0, 0.1) is 0 Å². The minimum atomic E-state index is -0.237. The van der Waals surface area contributed by atoms with Crippen molar-refractivity contribution in [1.82, 2.24) is 25.3 Å². The van der Waals surface area contributed by atoms with E-state index in [4.69, 9.17) is 9.26 Å². The van der Waals surface area contributed by atoms with Gasteiger partial charge in [-0.1, -0.05) is 24.2 Å². The van der Waals surface area contributed by atoms with Gasteiger partial charge < -0.3 is 24.4 Å². The third-order valence-corrected chi connectivity index (χ3v) is 5.99. The normalized spacial score (nSPS) is 18.8. The van der Waals surface area contributed by atoms with Gasteiger partial charge in [-0.3, -0.25) is 9.79 Å². The second-order valence-corrected chi connectivity index (χ2v) is 8.10. The standard InChI is InChI=1S/C23H32N6O3.HI/c1-3-20-26-21(32-27-20)18-8-6-17(7-9-18)10-11-25-23(24-2)29-14-12-28(13-15-29)22(30)19-5-4-16-31-19;/h6-9,19H,3-5,10-16H2,1-2H3,(H,24,25);1H. The van der Waals surface area contributed by atoms with E-state index >= 15 is 0 Å². The molecular formula is C23H33IN6O3. The van der Waals surface area contributed by atoms with Crippen molar-refractivity contribution in [2.24, 2.45) is 4.99 Å². The van der Waals surface area contributed by atoms with Crippen LogP contribution in [0.15, 0.2) is 33.8 Å². The van der Waals surface area contributed by atoms with Gasteiger partial charge in [-0.05, 0) is 37.0 Å². The van der Waals surface area contributed by atoms with Gasteiger partial charge in [0.15, 0.2) is 11.8 Å². The Bertz CT molecular complexity index is 919. The first-order valence-corrected chi connectivity index (χ1v) is 11.5. The fraction of sp³-hybridized carbons (Fsp3) is 0.565. The van der Waals surface area contributed by atoms with Gasteiger partial charge >= 0.3 is 0 Å². The number of guanidine groups is 1. The molecule has 2 fully saturated rings. The van der Waals surface area contributed by atoms with Gasteiger partial charge in [0.05, 0.1) is 0 Å². The van der Waals surface area contributed by atoms with Crippen LogP contribution >= 0.6 is 24.0 Å². The van der Waals surface area contributed by atoms with Gasteiger partial charge in [0.2, 0.25) is 0 Å². The molecule has 180 valence electrons. The van der Waals surface area contributed by atoms with Crippen LogP contribution in [0.5, 0.6) is 0 Å². The number of carbonyl (C=O) groups excluding carboxylic acids is 1. The third-order valence-electron chi connectivity index (χ3n) is 5.99. The number of hydrogen-bond acceptors (Lipinski definition) is 6. The lowest BCUT2D eigenvalue weighted by Crippen LogP contribution is -2.55. The van der Waals surface area contributed by atoms with Crippen molar-refractivity contribution in [3.05, 3.63) is 35.7 Å². The zero-order valence-corrected chi connectivity index (χ0v) is 21.7. The van der Waals surface area contributed by atoms with Crippen LogP contribution in [-0.4, -0.2) is 84.3 Å². The monoisotopic (exact) mass is 568 g/mol. The second-order valence-electron chi connectivity index (χ2n) is 8.10. The van der Waals surface area contributed by atoms with Gasteiger partial charge in [-0.2, -0.15) is 4.98 Å². The Morgan fingerprint density at radius 2 is 1.91 bits per heavy atom. The summed E-state index contributed by atoms with van der Waals surface area (Å²) in [5, 5.41) is 7.40. The number of amides is 1. The maximum atomic E-state index is 12.5. The molecule has 0 aliphatic carbocycles. The first-order chi connectivity index (χ1) is 15.7. The number of aromatic nitrogens is 2. The number of aryl methyl sites for hydroxylation is 1. The molecule has 2 aliphatic rings. The van der Waals surface area contributed by atoms with Crippen molar-refractivity contribution < 1.29 is 14.1 Å². The summed E-state index contributed by atoms with van der Waals surface area (Å²) in [6, 6.07) is 8.21. The first-order valence-electron chi connectivity index (χ1n) is 11.5. The molecule has 0 saturated carbocycles. The van der Waals surface area contributed by atoms with Crippen LogP contribution in [0.25, 0.3) is 11.5 Å². The van der Waals surface area contributed by atoms with Gasteiger partial charge in [0.25, 0.3) is 11.8 Å². The summed E-state index contributed by atoms with van der Waals surface area (Å²) in [6.07, 6.45) is 3.22. The molecule has 1 aromatic heterocycles. The Balaban J connectivity index is 0.00000306. The van der Waals surface area contributed by atoms with Crippen molar-refractivity contribution >= 4 is 35.8 Å². The van der Waals surface area contributed by atoms with Crippen molar-refractivity contribution in [3.63, 3.8) is 0 Å². The summed E-state index contributed by atoms with van der Waals surface area (Å²) in [7, 11) is 1.80. The molecule has 4 rings (SSSR count). The molecule has 0 spiro atoms. The van der Waals surface area contributed by atoms with Crippen LogP contribution in [0.2, 0.25) is 0 Å². The second kappa shape index (κ2) is 12.3. The number of carbonyl (C=O) groups is 1. The number of benzene rings is 1. The van der Waals surface area contributed by atoms with Crippen molar-refractivity contribution in [2.45, 2.75) is 38.7 Å². The Morgan fingerprint density at radius 1 is 1.18 bits per heavy atom. The molecule has 1 N–H and O–H groups in total. The average molecular weight is 568 g/mol. The number of hydrogen-bond donors (Lipinski definition) is 1. The summed E-state index contributed by atoms with van der Waals surface area (Å²) < 4.78 is 10.8. The van der Waals surface area contributed by atoms with E-state index in [9.17, 15) is 4.79 Å². The number of nitrogens with zero attached hydrogens (tertiary/aromatic N) is 5. The van der Waals surface area contributed by atoms with Crippen LogP contribution in [0.1, 0.15) is 31.2 Å². The molecule has 0 bridgehead atoms. The number of nitrogens with one attached hydrogen (secondary N) is 1. The van der Waals surface area contributed by atoms with Crippen LogP contribution in [0.3, 0.4) is 0 Å². The zero-order chi connectivity index (χ0) is 22.3. The van der Waals surface area contributed by atoms with Gasteiger partial charge in [0, 0.05) is 58.4 Å². The highest BCUT2D eigenvalue weighted by atomic mass is 127. The number of halogens is 1. The topological polar surface area (TPSA) is 96.1 Å². The number of aliphatic imine (C=N–C) groups is 1. The lowest BCUT2D eigenvalue weighted by atomic mass is 10.1. The van der Waals surface area contributed by atoms with E-state index in [1.54, 1.807) is 7.05 Å². The Labute approximate surface area is 212 Å². The van der Waals surface area contributed by atoms with Crippen LogP contribution < -0.4 is 5.32 Å². The molecule has 3 heterocycles. The van der Waals surface area contributed by atoms with Crippen molar-refractivity contribution in [2.75, 3.05) is 46.4 Å². The van der Waals surface area contributed by atoms with E-state index in [0.29, 0.717) is 25.6 Å². The zero-order valence-electron chi connectivity index (χ0n) is 19.3. The highest BCUT2D eigenvalue weighted by Gasteiger charge is 2.30. The van der Waals surface area contributed by atoms with E-state index in [1.807, 2.05) is 24.0 Å². The molecule has 1 amide bonds. The lowest BCUT2D eigenvalue weighted by Gasteiger charge is -2.37. The van der Waals surface area contributed by atoms with Crippen molar-refractivity contribution in [1.29, 1.82) is 0 Å². The third kappa shape index (κ3) is 6.44. The quantitative estimate of drug-likeness (QED) is 0.325. The molecule has 9 nitrogen and oxygen atoms in total. The SMILES string of the molecule is CCc1noc(-c2ccc(CCNC(=NC)N3CCN(C(=O)C4CCCO4)CC3)cc2)n1.I. The van der Waals surface area contributed by atoms with Crippen LogP contribution in [0.4, 0.5) is 0 Å². The smallest absolute Gasteiger partial charge is 0.257 e. The minimum Gasteiger partial charge on any atom is -0.368 e. The van der Waals surface area contributed by atoms with E-state index in [-0.39, 0.29) is 36.0 Å². The molecule has 2 aliphatic heterocycles. The highest BCUT2D eigenvalue weighted by Crippen LogP contribution is 2.18. The molecule has 1 unspecified atom stereocenters. The fourth-order valence-corrected chi connectivity index (χ4v) is 4.09. The maximum absolute atomic E-state index is 12.5. The summed E-state index contributed by atoms with van der Waals surface area (Å²) in [6.45, 7) is 6.44. The van der Waals surface area contributed by atoms with E-state index in [0.717, 1.165) is 62.7 Å². The number of rotatable bonds is 6. The molecule has 1 atom stereocenters. The molecule has 33 heavy (non-hydrogen) atoms. The Morgan fingerprint density at radius 3 is 2.52 bits per heavy atom. The minimum absolute atomic E-state index is 0. The number of piperazine rings is 1. The van der Waals surface area contributed by atoms with Crippen LogP contribution in [-0.2, 0) is 22.4 Å². The van der Waals surface area contributed by atoms with Gasteiger partial charge in [0.1, 0.15) is 6.10 Å². The van der Waals surface area contributed by atoms with Gasteiger partial charge in [-0.15, -0.1) is 24.0 Å². The molecular weight excluding hydrogens is 535 g/mol. The molecule has 0 radical (unpaired) electrons. The van der Waals surface area contributed by atoms with Crippen molar-refractivity contribution in [3.8, 4) is 11.5 Å². The Kier molecular flexibility index (Phi) is 9.48. The highest BCUT2D eigenvalue weighted by molar-refractivity contribution is 14.0. The predicted octanol–water partition coefficient (Wildman–Crippen LogP) is 2.36. The van der Waals surface area contributed by atoms with E-state index < -0.39 is 0 Å². The summed E-state index contributed by atoms with van der Waals surface area (Å²) in [4.78, 5) is 25.5. The molecule has 2 aromatic rings. The van der Waals surface area contributed by atoms with E-state index in [2.05, 4.69) is 37.5 Å². The lowest BCUT2D eigenvalue weighted by molar-refractivity contribution is -0.142. The van der Waals surface area contributed by atoms with Gasteiger partial charge in [-0.25, -0.2) is 0 Å². The summed E-state index contributed by atoms with van der Waals surface area (Å²) in [5.74, 6) is 2.30. The van der Waals surface area contributed by atoms with E-state index in [1.165, 1.54) is 5.56 Å². The fourth-order valence-electron chi connectivity index (χ4n) is 4.09.